The standard InChI is InChI=1S/C25H29N3O3/c1-29-21-15-18(16-22(30-2)24(21)31-3)17-27-13-10-25(11-14-27)23-9-6-12-28(23)20-8-5-4-7-19(20)26-25/h4-9,12,15-16,26H,10-11,13-14,17H2,1-3H3/p+1. The molecule has 0 saturated carbocycles. The zero-order valence-electron chi connectivity index (χ0n) is 18.4. The predicted octanol–water partition coefficient (Wildman–Crippen LogP) is 3.00. The molecule has 1 fully saturated rings. The molecule has 6 heteroatoms. The summed E-state index contributed by atoms with van der Waals surface area (Å²) in [6.07, 6.45) is 4.36. The first-order valence-electron chi connectivity index (χ1n) is 10.9. The summed E-state index contributed by atoms with van der Waals surface area (Å²) in [5.74, 6) is 2.08. The number of anilines is 1. The molecule has 3 aromatic rings. The van der Waals surface area contributed by atoms with Crippen molar-refractivity contribution in [3.8, 4) is 22.9 Å². The second-order valence-electron chi connectivity index (χ2n) is 8.45. The Bertz CT molecular complexity index is 1060. The second kappa shape index (κ2) is 7.85. The topological polar surface area (TPSA) is 49.1 Å². The molecule has 2 aromatic carbocycles. The first-order valence-corrected chi connectivity index (χ1v) is 10.9. The highest BCUT2D eigenvalue weighted by Crippen LogP contribution is 2.42. The molecule has 2 aliphatic rings. The molecule has 0 atom stereocenters. The fourth-order valence-electron chi connectivity index (χ4n) is 5.21. The number of nitrogens with zero attached hydrogens (tertiary/aromatic N) is 1. The summed E-state index contributed by atoms with van der Waals surface area (Å²) in [4.78, 5) is 1.57. The van der Waals surface area contributed by atoms with Gasteiger partial charge in [0.1, 0.15) is 6.54 Å². The van der Waals surface area contributed by atoms with E-state index in [1.54, 1.807) is 26.2 Å². The number of hydrogen-bond acceptors (Lipinski definition) is 4. The summed E-state index contributed by atoms with van der Waals surface area (Å²) < 4.78 is 18.9. The number of fused-ring (bicyclic) bond motifs is 4. The van der Waals surface area contributed by atoms with Gasteiger partial charge in [-0.2, -0.15) is 0 Å². The number of rotatable bonds is 5. The van der Waals surface area contributed by atoms with E-state index < -0.39 is 0 Å². The number of nitrogens with one attached hydrogen (secondary N) is 2. The Labute approximate surface area is 183 Å². The number of ether oxygens (including phenoxy) is 3. The van der Waals surface area contributed by atoms with Crippen LogP contribution in [0.3, 0.4) is 0 Å². The Kier molecular flexibility index (Phi) is 5.02. The molecule has 162 valence electrons. The average Bonchev–Trinajstić information content (AvgIpc) is 3.31. The normalized spacial score (nSPS) is 21.7. The van der Waals surface area contributed by atoms with E-state index >= 15 is 0 Å². The second-order valence-corrected chi connectivity index (χ2v) is 8.45. The molecule has 3 heterocycles. The predicted molar refractivity (Wildman–Crippen MR) is 121 cm³/mol. The van der Waals surface area contributed by atoms with Gasteiger partial charge in [0.05, 0.1) is 51.3 Å². The maximum atomic E-state index is 5.54. The smallest absolute Gasteiger partial charge is 0.203 e. The first kappa shape index (κ1) is 19.8. The van der Waals surface area contributed by atoms with Gasteiger partial charge < -0.3 is 29.0 Å². The fourth-order valence-corrected chi connectivity index (χ4v) is 5.21. The molecule has 0 unspecified atom stereocenters. The third-order valence-corrected chi connectivity index (χ3v) is 6.77. The maximum Gasteiger partial charge on any atom is 0.203 e. The summed E-state index contributed by atoms with van der Waals surface area (Å²) in [5, 5.41) is 3.90. The van der Waals surface area contributed by atoms with Gasteiger partial charge in [-0.3, -0.25) is 0 Å². The lowest BCUT2D eigenvalue weighted by molar-refractivity contribution is -0.920. The molecule has 2 aliphatic heterocycles. The van der Waals surface area contributed by atoms with Crippen LogP contribution in [0.2, 0.25) is 0 Å². The average molecular weight is 421 g/mol. The van der Waals surface area contributed by atoms with Crippen LogP contribution in [0.1, 0.15) is 24.1 Å². The van der Waals surface area contributed by atoms with Gasteiger partial charge in [0, 0.05) is 30.3 Å². The molecule has 0 aliphatic carbocycles. The molecule has 0 bridgehead atoms. The minimum absolute atomic E-state index is 0.00333. The van der Waals surface area contributed by atoms with Gasteiger partial charge in [-0.15, -0.1) is 0 Å². The molecule has 1 aromatic heterocycles. The molecule has 1 spiro atoms. The Morgan fingerprint density at radius 1 is 0.935 bits per heavy atom. The number of piperidine rings is 1. The summed E-state index contributed by atoms with van der Waals surface area (Å²) in [7, 11) is 4.97. The van der Waals surface area contributed by atoms with Crippen molar-refractivity contribution < 1.29 is 19.1 Å². The van der Waals surface area contributed by atoms with Crippen LogP contribution in [0.15, 0.2) is 54.7 Å². The highest BCUT2D eigenvalue weighted by molar-refractivity contribution is 5.67. The molecular weight excluding hydrogens is 390 g/mol. The minimum Gasteiger partial charge on any atom is -0.493 e. The van der Waals surface area contributed by atoms with Gasteiger partial charge >= 0.3 is 0 Å². The van der Waals surface area contributed by atoms with Crippen LogP contribution in [-0.4, -0.2) is 39.0 Å². The van der Waals surface area contributed by atoms with E-state index in [0.29, 0.717) is 17.2 Å². The van der Waals surface area contributed by atoms with Crippen LogP contribution in [-0.2, 0) is 12.1 Å². The molecule has 31 heavy (non-hydrogen) atoms. The van der Waals surface area contributed by atoms with Crippen molar-refractivity contribution in [3.63, 3.8) is 0 Å². The Hall–Kier alpha value is -3.12. The molecule has 0 amide bonds. The Balaban J connectivity index is 1.35. The van der Waals surface area contributed by atoms with Crippen LogP contribution >= 0.6 is 0 Å². The number of hydrogen-bond donors (Lipinski definition) is 2. The minimum atomic E-state index is -0.00333. The van der Waals surface area contributed by atoms with Crippen molar-refractivity contribution in [1.29, 1.82) is 0 Å². The SMILES string of the molecule is COc1cc(C[NH+]2CCC3(CC2)Nc2ccccc2-n2cccc23)cc(OC)c1OC. The van der Waals surface area contributed by atoms with Gasteiger partial charge in [-0.1, -0.05) is 12.1 Å². The molecular formula is C25H30N3O3+. The molecule has 5 rings (SSSR count). The van der Waals surface area contributed by atoms with E-state index in [2.05, 4.69) is 64.6 Å². The van der Waals surface area contributed by atoms with Crippen molar-refractivity contribution in [2.75, 3.05) is 39.7 Å². The van der Waals surface area contributed by atoms with Gasteiger partial charge in [-0.05, 0) is 36.4 Å². The van der Waals surface area contributed by atoms with Crippen molar-refractivity contribution in [2.45, 2.75) is 24.9 Å². The first-order chi connectivity index (χ1) is 15.2. The lowest BCUT2D eigenvalue weighted by atomic mass is 9.82. The Morgan fingerprint density at radius 2 is 1.65 bits per heavy atom. The van der Waals surface area contributed by atoms with Crippen LogP contribution in [0, 0.1) is 0 Å². The van der Waals surface area contributed by atoms with E-state index in [9.17, 15) is 0 Å². The van der Waals surface area contributed by atoms with Crippen LogP contribution in [0.5, 0.6) is 17.2 Å². The third kappa shape index (κ3) is 3.31. The summed E-state index contributed by atoms with van der Waals surface area (Å²) >= 11 is 0. The molecule has 6 nitrogen and oxygen atoms in total. The Morgan fingerprint density at radius 3 is 2.32 bits per heavy atom. The van der Waals surface area contributed by atoms with Crippen LogP contribution < -0.4 is 24.4 Å². The summed E-state index contributed by atoms with van der Waals surface area (Å²) in [6.45, 7) is 3.12. The number of likely N-dealkylation sites (tertiary alicyclic amines) is 1. The van der Waals surface area contributed by atoms with Gasteiger partial charge in [0.25, 0.3) is 0 Å². The van der Waals surface area contributed by atoms with Crippen molar-refractivity contribution in [2.24, 2.45) is 0 Å². The summed E-state index contributed by atoms with van der Waals surface area (Å²) in [6, 6.07) is 17.2. The van der Waals surface area contributed by atoms with Gasteiger partial charge in [-0.25, -0.2) is 0 Å². The van der Waals surface area contributed by atoms with E-state index in [0.717, 1.165) is 32.5 Å². The largest absolute Gasteiger partial charge is 0.493 e. The van der Waals surface area contributed by atoms with E-state index in [1.807, 2.05) is 0 Å². The third-order valence-electron chi connectivity index (χ3n) is 6.77. The molecule has 2 N–H and O–H groups in total. The lowest BCUT2D eigenvalue weighted by Crippen LogP contribution is -3.12. The number of para-hydroxylation sites is 2. The fraction of sp³-hybridized carbons (Fsp3) is 0.360. The van der Waals surface area contributed by atoms with Gasteiger partial charge in [0.15, 0.2) is 11.5 Å². The van der Waals surface area contributed by atoms with Crippen molar-refractivity contribution in [1.82, 2.24) is 4.57 Å². The lowest BCUT2D eigenvalue weighted by Gasteiger charge is -2.44. The van der Waals surface area contributed by atoms with E-state index in [1.165, 1.54) is 22.6 Å². The zero-order chi connectivity index (χ0) is 21.4. The van der Waals surface area contributed by atoms with Crippen molar-refractivity contribution in [3.05, 3.63) is 66.0 Å². The quantitative estimate of drug-likeness (QED) is 0.666. The highest BCUT2D eigenvalue weighted by atomic mass is 16.5. The molecule has 0 radical (unpaired) electrons. The molecule has 1 saturated heterocycles. The van der Waals surface area contributed by atoms with E-state index in [-0.39, 0.29) is 5.54 Å². The monoisotopic (exact) mass is 420 g/mol. The number of aromatic nitrogens is 1. The maximum absolute atomic E-state index is 5.54. The number of methoxy groups -OCH3 is 3. The number of benzene rings is 2. The van der Waals surface area contributed by atoms with Crippen molar-refractivity contribution >= 4 is 5.69 Å². The number of quaternary nitrogens is 1. The van der Waals surface area contributed by atoms with Gasteiger partial charge in [0.2, 0.25) is 5.75 Å². The summed E-state index contributed by atoms with van der Waals surface area (Å²) in [5.41, 5.74) is 5.03. The van der Waals surface area contributed by atoms with Crippen LogP contribution in [0.4, 0.5) is 5.69 Å². The van der Waals surface area contributed by atoms with E-state index in [4.69, 9.17) is 14.2 Å². The highest BCUT2D eigenvalue weighted by Gasteiger charge is 2.43. The van der Waals surface area contributed by atoms with Crippen LogP contribution in [0.25, 0.3) is 5.69 Å². The zero-order valence-corrected chi connectivity index (χ0v) is 18.4.